The van der Waals surface area contributed by atoms with E-state index in [1.807, 2.05) is 0 Å². The average molecular weight is 140 g/mol. The van der Waals surface area contributed by atoms with Gasteiger partial charge in [-0.05, 0) is 30.6 Å². The maximum Gasteiger partial charge on any atom is 0.0319 e. The van der Waals surface area contributed by atoms with Gasteiger partial charge in [0.25, 0.3) is 0 Å². The molecule has 10 heavy (non-hydrogen) atoms. The highest BCUT2D eigenvalue weighted by atomic mass is 16.2. The van der Waals surface area contributed by atoms with Crippen LogP contribution in [0.5, 0.6) is 0 Å². The van der Waals surface area contributed by atoms with Crippen molar-refractivity contribution in [3.05, 3.63) is 12.2 Å². The number of hydrogen-bond acceptors (Lipinski definition) is 1. The number of allylic oxidation sites excluding steroid dienone is 2. The summed E-state index contributed by atoms with van der Waals surface area (Å²) in [5, 5.41) is 7.00. The van der Waals surface area contributed by atoms with Crippen LogP contribution in [0.15, 0.2) is 12.2 Å². The van der Waals surface area contributed by atoms with Crippen LogP contribution in [-0.4, -0.2) is 12.2 Å². The molecule has 0 aromatic heterocycles. The topological polar surface area (TPSA) is 20.2 Å². The highest BCUT2D eigenvalue weighted by Gasteiger charge is 2.36. The summed E-state index contributed by atoms with van der Waals surface area (Å²) in [6.07, 6.45) is 9.12. The smallest absolute Gasteiger partial charge is 0.0319 e. The van der Waals surface area contributed by atoms with Gasteiger partial charge in [0, 0.05) is 7.11 Å². The summed E-state index contributed by atoms with van der Waals surface area (Å²) in [6.45, 7) is 2.37. The van der Waals surface area contributed by atoms with Gasteiger partial charge in [-0.3, -0.25) is 0 Å². The summed E-state index contributed by atoms with van der Waals surface area (Å²) in [4.78, 5) is 0. The van der Waals surface area contributed by atoms with Gasteiger partial charge in [-0.2, -0.15) is 0 Å². The zero-order chi connectivity index (χ0) is 7.61. The van der Waals surface area contributed by atoms with Crippen molar-refractivity contribution in [3.8, 4) is 0 Å². The van der Waals surface area contributed by atoms with E-state index in [1.165, 1.54) is 19.3 Å². The molecule has 0 radical (unpaired) electrons. The zero-order valence-electron chi connectivity index (χ0n) is 6.80. The molecule has 1 saturated carbocycles. The summed E-state index contributed by atoms with van der Waals surface area (Å²) in [6, 6.07) is 0. The van der Waals surface area contributed by atoms with Crippen LogP contribution in [0.2, 0.25) is 0 Å². The van der Waals surface area contributed by atoms with Gasteiger partial charge in [0.2, 0.25) is 0 Å². The maximum atomic E-state index is 7.00. The zero-order valence-corrected chi connectivity index (χ0v) is 6.80. The van der Waals surface area contributed by atoms with Gasteiger partial charge in [-0.25, -0.2) is 0 Å². The van der Waals surface area contributed by atoms with Crippen molar-refractivity contribution in [2.45, 2.75) is 26.2 Å². The van der Waals surface area contributed by atoms with Crippen LogP contribution in [0, 0.1) is 11.3 Å². The Bertz CT molecular complexity index is 140. The fourth-order valence-electron chi connectivity index (χ4n) is 2.00. The number of fused-ring (bicyclic) bond motifs is 2. The normalized spacial score (nSPS) is 41.3. The molecule has 0 aromatic carbocycles. The Morgan fingerprint density at radius 2 is 2.20 bits per heavy atom. The van der Waals surface area contributed by atoms with Gasteiger partial charge >= 0.3 is 0 Å². The molecular weight excluding hydrogens is 124 g/mol. The molecule has 2 unspecified atom stereocenters. The molecule has 58 valence electrons. The van der Waals surface area contributed by atoms with Crippen LogP contribution in [0.4, 0.5) is 0 Å². The first kappa shape index (κ1) is 7.80. The van der Waals surface area contributed by atoms with E-state index in [1.54, 1.807) is 0 Å². The monoisotopic (exact) mass is 140 g/mol. The molecule has 1 fully saturated rings. The second kappa shape index (κ2) is 2.75. The van der Waals surface area contributed by atoms with E-state index in [9.17, 15) is 0 Å². The van der Waals surface area contributed by atoms with E-state index in [-0.39, 0.29) is 0 Å². The van der Waals surface area contributed by atoms with Gasteiger partial charge in [0.15, 0.2) is 0 Å². The van der Waals surface area contributed by atoms with Gasteiger partial charge < -0.3 is 5.11 Å². The lowest BCUT2D eigenvalue weighted by Gasteiger charge is -2.14. The summed E-state index contributed by atoms with van der Waals surface area (Å²) in [5.41, 5.74) is 0.630. The summed E-state index contributed by atoms with van der Waals surface area (Å²) in [7, 11) is 1.00. The second-order valence-corrected chi connectivity index (χ2v) is 3.52. The number of rotatable bonds is 0. The first-order valence-corrected chi connectivity index (χ1v) is 3.93. The van der Waals surface area contributed by atoms with Gasteiger partial charge in [0.1, 0.15) is 0 Å². The molecule has 0 amide bonds. The third kappa shape index (κ3) is 1.24. The van der Waals surface area contributed by atoms with Crippen molar-refractivity contribution in [3.63, 3.8) is 0 Å². The summed E-state index contributed by atoms with van der Waals surface area (Å²) >= 11 is 0. The van der Waals surface area contributed by atoms with Gasteiger partial charge in [-0.15, -0.1) is 0 Å². The molecule has 2 aliphatic rings. The predicted molar refractivity (Wildman–Crippen MR) is 42.7 cm³/mol. The maximum absolute atomic E-state index is 7.00. The minimum atomic E-state index is 0.630. The largest absolute Gasteiger partial charge is 0.400 e. The van der Waals surface area contributed by atoms with Crippen molar-refractivity contribution in [2.24, 2.45) is 11.3 Å². The van der Waals surface area contributed by atoms with E-state index in [0.29, 0.717) is 5.41 Å². The van der Waals surface area contributed by atoms with Crippen LogP contribution in [0.1, 0.15) is 26.2 Å². The molecule has 0 aliphatic heterocycles. The molecule has 1 heteroatoms. The lowest BCUT2D eigenvalue weighted by Crippen LogP contribution is -2.02. The highest BCUT2D eigenvalue weighted by Crippen LogP contribution is 2.48. The molecule has 2 bridgehead atoms. The Labute approximate surface area is 62.8 Å². The summed E-state index contributed by atoms with van der Waals surface area (Å²) in [5.74, 6) is 0.958. The molecule has 2 aliphatic carbocycles. The van der Waals surface area contributed by atoms with Gasteiger partial charge in [0.05, 0.1) is 0 Å². The number of aliphatic hydroxyl groups excluding tert-OH is 1. The highest BCUT2D eigenvalue weighted by molar-refractivity contribution is 5.13. The van der Waals surface area contributed by atoms with Crippen LogP contribution >= 0.6 is 0 Å². The number of hydrogen-bond donors (Lipinski definition) is 1. The molecule has 1 nitrogen and oxygen atoms in total. The second-order valence-electron chi connectivity index (χ2n) is 3.52. The molecule has 0 aromatic rings. The third-order valence-electron chi connectivity index (χ3n) is 2.59. The standard InChI is InChI=1S/C8H12.CH4O/c1-8-4-2-7(6-8)3-5-8;1-2/h2,4,7H,3,5-6H2,1H3;2H,1H3. The Balaban J connectivity index is 0.000000231. The molecule has 2 atom stereocenters. The van der Waals surface area contributed by atoms with Crippen molar-refractivity contribution in [1.82, 2.24) is 0 Å². The van der Waals surface area contributed by atoms with Crippen LogP contribution < -0.4 is 0 Å². The molecular formula is C9H16O. The van der Waals surface area contributed by atoms with E-state index < -0.39 is 0 Å². The fourth-order valence-corrected chi connectivity index (χ4v) is 2.00. The minimum absolute atomic E-state index is 0.630. The lowest BCUT2D eigenvalue weighted by molar-refractivity contribution is 0.399. The van der Waals surface area contributed by atoms with E-state index in [0.717, 1.165) is 13.0 Å². The molecule has 0 spiro atoms. The van der Waals surface area contributed by atoms with Crippen LogP contribution in [0.3, 0.4) is 0 Å². The predicted octanol–water partition coefficient (Wildman–Crippen LogP) is 1.97. The SMILES string of the molecule is CC12C=CC(CC1)C2.CO. The van der Waals surface area contributed by atoms with Crippen LogP contribution in [0.25, 0.3) is 0 Å². The van der Waals surface area contributed by atoms with Crippen LogP contribution in [-0.2, 0) is 0 Å². The molecule has 1 N–H and O–H groups in total. The van der Waals surface area contributed by atoms with E-state index >= 15 is 0 Å². The van der Waals surface area contributed by atoms with Crippen molar-refractivity contribution in [1.29, 1.82) is 0 Å². The Kier molecular flexibility index (Phi) is 2.14. The van der Waals surface area contributed by atoms with Crippen molar-refractivity contribution in [2.75, 3.05) is 7.11 Å². The first-order valence-electron chi connectivity index (χ1n) is 3.93. The van der Waals surface area contributed by atoms with E-state index in [2.05, 4.69) is 19.1 Å². The first-order chi connectivity index (χ1) is 4.79. The molecule has 0 heterocycles. The molecule has 0 saturated heterocycles. The quantitative estimate of drug-likeness (QED) is 0.510. The summed E-state index contributed by atoms with van der Waals surface area (Å²) < 4.78 is 0. The Morgan fingerprint density at radius 3 is 2.30 bits per heavy atom. The van der Waals surface area contributed by atoms with Gasteiger partial charge in [-0.1, -0.05) is 19.1 Å². The van der Waals surface area contributed by atoms with Crippen molar-refractivity contribution >= 4 is 0 Å². The van der Waals surface area contributed by atoms with E-state index in [4.69, 9.17) is 5.11 Å². The fraction of sp³-hybridized carbons (Fsp3) is 0.778. The average Bonchev–Trinajstić information content (AvgIpc) is 2.49. The number of aliphatic hydroxyl groups is 1. The molecule has 2 rings (SSSR count). The Hall–Kier alpha value is -0.300. The Morgan fingerprint density at radius 1 is 1.50 bits per heavy atom. The lowest BCUT2D eigenvalue weighted by atomic mass is 9.91. The third-order valence-corrected chi connectivity index (χ3v) is 2.59. The minimum Gasteiger partial charge on any atom is -0.400 e. The van der Waals surface area contributed by atoms with Crippen molar-refractivity contribution < 1.29 is 5.11 Å².